The predicted octanol–water partition coefficient (Wildman–Crippen LogP) is 7.05. The molecular weight excluding hydrogens is 618 g/mol. The molecular formula is C29H28FIN2O4S. The number of amidine groups is 1. The van der Waals surface area contributed by atoms with Crippen LogP contribution in [0.1, 0.15) is 25.0 Å². The molecule has 0 saturated carbocycles. The number of hydrogen-bond acceptors (Lipinski definition) is 6. The normalized spacial score (nSPS) is 15.5. The van der Waals surface area contributed by atoms with Gasteiger partial charge in [-0.05, 0) is 90.2 Å². The molecule has 0 unspecified atom stereocenters. The minimum Gasteiger partial charge on any atom is -0.490 e. The molecule has 198 valence electrons. The molecule has 0 aliphatic carbocycles. The fourth-order valence-electron chi connectivity index (χ4n) is 3.69. The Morgan fingerprint density at radius 3 is 2.53 bits per heavy atom. The Bertz CT molecular complexity index is 1330. The molecule has 1 saturated heterocycles. The third kappa shape index (κ3) is 7.15. The van der Waals surface area contributed by atoms with E-state index in [1.54, 1.807) is 23.1 Å². The monoisotopic (exact) mass is 646 g/mol. The van der Waals surface area contributed by atoms with E-state index in [2.05, 4.69) is 22.6 Å². The second-order valence-corrected chi connectivity index (χ2v) is 10.3. The Morgan fingerprint density at radius 1 is 1.03 bits per heavy atom. The van der Waals surface area contributed by atoms with Gasteiger partial charge in [-0.1, -0.05) is 36.4 Å². The predicted molar refractivity (Wildman–Crippen MR) is 158 cm³/mol. The maximum Gasteiger partial charge on any atom is 0.266 e. The number of carbonyl (C=O) groups excluding carboxylic acids is 1. The van der Waals surface area contributed by atoms with Gasteiger partial charge in [-0.15, -0.1) is 0 Å². The first-order chi connectivity index (χ1) is 18.5. The molecule has 38 heavy (non-hydrogen) atoms. The van der Waals surface area contributed by atoms with E-state index in [9.17, 15) is 9.18 Å². The maximum absolute atomic E-state index is 14.1. The minimum atomic E-state index is -0.319. The summed E-state index contributed by atoms with van der Waals surface area (Å²) in [6, 6.07) is 19.8. The molecule has 1 aliphatic rings. The lowest BCUT2D eigenvalue weighted by atomic mass is 10.1. The highest BCUT2D eigenvalue weighted by molar-refractivity contribution is 14.1. The summed E-state index contributed by atoms with van der Waals surface area (Å²) in [5, 5.41) is 0.608. The lowest BCUT2D eigenvalue weighted by Crippen LogP contribution is -2.32. The number of ether oxygens (including phenoxy) is 3. The molecule has 1 aliphatic heterocycles. The molecule has 0 aromatic heterocycles. The van der Waals surface area contributed by atoms with E-state index in [1.165, 1.54) is 17.8 Å². The van der Waals surface area contributed by atoms with Crippen molar-refractivity contribution in [2.45, 2.75) is 20.5 Å². The number of rotatable bonds is 11. The fourth-order valence-corrected chi connectivity index (χ4v) is 5.50. The van der Waals surface area contributed by atoms with Gasteiger partial charge in [0.1, 0.15) is 12.4 Å². The number of aliphatic imine (C=N–C) groups is 1. The number of amides is 1. The highest BCUT2D eigenvalue weighted by Crippen LogP contribution is 2.38. The van der Waals surface area contributed by atoms with Crippen molar-refractivity contribution in [3.05, 3.63) is 92.1 Å². The Kier molecular flexibility index (Phi) is 10.2. The first-order valence-corrected chi connectivity index (χ1v) is 14.1. The topological polar surface area (TPSA) is 60.4 Å². The molecule has 1 fully saturated rings. The number of halogens is 2. The summed E-state index contributed by atoms with van der Waals surface area (Å²) in [4.78, 5) is 20.3. The third-order valence-electron chi connectivity index (χ3n) is 5.49. The summed E-state index contributed by atoms with van der Waals surface area (Å²) < 4.78 is 32.2. The SMILES string of the molecule is CCOCCN1C(=O)/C(=C/c2cc(I)c(OCc3ccccc3F)c(OCC)c2)SC1=Nc1ccccc1. The second-order valence-electron chi connectivity index (χ2n) is 8.14. The van der Waals surface area contributed by atoms with Gasteiger partial charge in [0.15, 0.2) is 16.7 Å². The van der Waals surface area contributed by atoms with Gasteiger partial charge < -0.3 is 14.2 Å². The van der Waals surface area contributed by atoms with Crippen LogP contribution >= 0.6 is 34.4 Å². The van der Waals surface area contributed by atoms with Crippen molar-refractivity contribution in [2.75, 3.05) is 26.4 Å². The first-order valence-electron chi connectivity index (χ1n) is 12.3. The average Bonchev–Trinajstić information content (AvgIpc) is 3.19. The third-order valence-corrected chi connectivity index (χ3v) is 7.30. The summed E-state index contributed by atoms with van der Waals surface area (Å²) in [6.45, 7) is 5.72. The largest absolute Gasteiger partial charge is 0.490 e. The molecule has 0 radical (unpaired) electrons. The van der Waals surface area contributed by atoms with Gasteiger partial charge in [0.25, 0.3) is 5.91 Å². The van der Waals surface area contributed by atoms with Crippen molar-refractivity contribution in [3.8, 4) is 11.5 Å². The van der Waals surface area contributed by atoms with Crippen LogP contribution in [0.15, 0.2) is 76.6 Å². The zero-order chi connectivity index (χ0) is 26.9. The Labute approximate surface area is 240 Å². The maximum atomic E-state index is 14.1. The molecule has 0 spiro atoms. The van der Waals surface area contributed by atoms with E-state index in [-0.39, 0.29) is 18.3 Å². The highest BCUT2D eigenvalue weighted by Gasteiger charge is 2.33. The van der Waals surface area contributed by atoms with E-state index in [1.807, 2.05) is 62.4 Å². The standard InChI is InChI=1S/C29H28FIN2O4S/c1-3-35-15-14-33-28(34)26(38-29(33)32-22-11-6-5-7-12-22)18-20-16-24(31)27(25(17-20)36-4-2)37-19-21-10-8-9-13-23(21)30/h5-13,16-18H,3-4,14-15,19H2,1-2H3/b26-18-,32-29?. The zero-order valence-electron chi connectivity index (χ0n) is 21.2. The summed E-state index contributed by atoms with van der Waals surface area (Å²) in [7, 11) is 0. The molecule has 4 rings (SSSR count). The van der Waals surface area contributed by atoms with Crippen LogP contribution in [-0.4, -0.2) is 42.3 Å². The van der Waals surface area contributed by atoms with E-state index >= 15 is 0 Å². The van der Waals surface area contributed by atoms with Crippen molar-refractivity contribution in [2.24, 2.45) is 4.99 Å². The van der Waals surface area contributed by atoms with Crippen molar-refractivity contribution in [1.82, 2.24) is 4.90 Å². The van der Waals surface area contributed by atoms with Crippen LogP contribution in [0.5, 0.6) is 11.5 Å². The van der Waals surface area contributed by atoms with Crippen molar-refractivity contribution < 1.29 is 23.4 Å². The molecule has 0 atom stereocenters. The Balaban J connectivity index is 1.62. The van der Waals surface area contributed by atoms with Gasteiger partial charge in [0.2, 0.25) is 0 Å². The summed E-state index contributed by atoms with van der Waals surface area (Å²) in [5.41, 5.74) is 2.02. The van der Waals surface area contributed by atoms with Gasteiger partial charge in [0.05, 0.1) is 33.9 Å². The molecule has 0 N–H and O–H groups in total. The summed E-state index contributed by atoms with van der Waals surface area (Å²) >= 11 is 3.50. The molecule has 3 aromatic rings. The number of thioether (sulfide) groups is 1. The molecule has 0 bridgehead atoms. The number of benzene rings is 3. The van der Waals surface area contributed by atoms with Crippen LogP contribution in [0.25, 0.3) is 6.08 Å². The molecule has 9 heteroatoms. The van der Waals surface area contributed by atoms with Crippen molar-refractivity contribution >= 4 is 57.2 Å². The Morgan fingerprint density at radius 2 is 1.79 bits per heavy atom. The van der Waals surface area contributed by atoms with Crippen molar-refractivity contribution in [3.63, 3.8) is 0 Å². The van der Waals surface area contributed by atoms with E-state index in [0.717, 1.165) is 14.8 Å². The van der Waals surface area contributed by atoms with Crippen LogP contribution in [0, 0.1) is 9.39 Å². The van der Waals surface area contributed by atoms with Gasteiger partial charge >= 0.3 is 0 Å². The summed E-state index contributed by atoms with van der Waals surface area (Å²) in [5.74, 6) is 0.620. The van der Waals surface area contributed by atoms with Crippen molar-refractivity contribution in [1.29, 1.82) is 0 Å². The van der Waals surface area contributed by atoms with Crippen LogP contribution < -0.4 is 9.47 Å². The van der Waals surface area contributed by atoms with Gasteiger partial charge in [-0.25, -0.2) is 9.38 Å². The molecule has 1 heterocycles. The van der Waals surface area contributed by atoms with Gasteiger partial charge in [-0.3, -0.25) is 9.69 Å². The second kappa shape index (κ2) is 13.8. The number of carbonyl (C=O) groups is 1. The van der Waals surface area contributed by atoms with Crippen LogP contribution in [0.4, 0.5) is 10.1 Å². The van der Waals surface area contributed by atoms with Crippen LogP contribution in [0.2, 0.25) is 0 Å². The number of para-hydroxylation sites is 1. The van der Waals surface area contributed by atoms with E-state index < -0.39 is 0 Å². The average molecular weight is 647 g/mol. The quantitative estimate of drug-likeness (QED) is 0.127. The van der Waals surface area contributed by atoms with Gasteiger partial charge in [-0.2, -0.15) is 0 Å². The molecule has 1 amide bonds. The van der Waals surface area contributed by atoms with E-state index in [0.29, 0.717) is 53.5 Å². The highest BCUT2D eigenvalue weighted by atomic mass is 127. The lowest BCUT2D eigenvalue weighted by molar-refractivity contribution is -0.122. The Hall–Kier alpha value is -2.89. The van der Waals surface area contributed by atoms with Crippen LogP contribution in [-0.2, 0) is 16.1 Å². The van der Waals surface area contributed by atoms with E-state index in [4.69, 9.17) is 19.2 Å². The molecule has 3 aromatic carbocycles. The zero-order valence-corrected chi connectivity index (χ0v) is 24.1. The van der Waals surface area contributed by atoms with Gasteiger partial charge in [0, 0.05) is 12.2 Å². The summed E-state index contributed by atoms with van der Waals surface area (Å²) in [6.07, 6.45) is 1.83. The number of hydrogen-bond donors (Lipinski definition) is 0. The minimum absolute atomic E-state index is 0.0750. The van der Waals surface area contributed by atoms with Crippen LogP contribution in [0.3, 0.4) is 0 Å². The molecule has 6 nitrogen and oxygen atoms in total. The number of nitrogens with zero attached hydrogens (tertiary/aromatic N) is 2. The lowest BCUT2D eigenvalue weighted by Gasteiger charge is -2.15. The smallest absolute Gasteiger partial charge is 0.266 e. The first kappa shape index (κ1) is 28.1. The fraction of sp³-hybridized carbons (Fsp3) is 0.241.